The molecule has 0 saturated carbocycles. The van der Waals surface area contributed by atoms with Crippen LogP contribution in [-0.4, -0.2) is 50.5 Å². The van der Waals surface area contributed by atoms with Gasteiger partial charge in [0, 0.05) is 36.0 Å². The standard InChI is InChI=1S/C14H15ClN2O2.C10H7Cl2NO/c1-18-10-2-3-11-12(15)9-14(16-13(11)8-10)17-4-6-19-7-5-17;1-14-6-2-3-7-8(11)5-10(12)13-9(7)4-6/h2-3,8-9H,4-7H2,1H3;2-5H,1H3. The van der Waals surface area contributed by atoms with E-state index in [0.29, 0.717) is 15.2 Å². The highest BCUT2D eigenvalue weighted by atomic mass is 35.5. The first-order valence-electron chi connectivity index (χ1n) is 10.3. The van der Waals surface area contributed by atoms with Crippen molar-refractivity contribution in [1.82, 2.24) is 9.97 Å². The fourth-order valence-electron chi connectivity index (χ4n) is 3.50. The number of anilines is 1. The smallest absolute Gasteiger partial charge is 0.131 e. The van der Waals surface area contributed by atoms with E-state index in [1.165, 1.54) is 0 Å². The van der Waals surface area contributed by atoms with Gasteiger partial charge in [-0.3, -0.25) is 0 Å². The Labute approximate surface area is 206 Å². The molecular weight excluding hydrogens is 485 g/mol. The highest BCUT2D eigenvalue weighted by molar-refractivity contribution is 6.37. The van der Waals surface area contributed by atoms with E-state index in [1.807, 2.05) is 36.4 Å². The number of nitrogens with zero attached hydrogens (tertiary/aromatic N) is 3. The molecule has 2 aromatic carbocycles. The number of aromatic nitrogens is 2. The molecule has 172 valence electrons. The van der Waals surface area contributed by atoms with Gasteiger partial charge in [-0.25, -0.2) is 9.97 Å². The van der Waals surface area contributed by atoms with Crippen LogP contribution in [-0.2, 0) is 4.74 Å². The van der Waals surface area contributed by atoms with E-state index in [-0.39, 0.29) is 0 Å². The average molecular weight is 507 g/mol. The predicted molar refractivity (Wildman–Crippen MR) is 135 cm³/mol. The third-order valence-electron chi connectivity index (χ3n) is 5.22. The normalized spacial score (nSPS) is 13.5. The van der Waals surface area contributed by atoms with Gasteiger partial charge in [0.25, 0.3) is 0 Å². The molecule has 1 fully saturated rings. The van der Waals surface area contributed by atoms with Crippen LogP contribution >= 0.6 is 34.8 Å². The molecule has 0 atom stereocenters. The van der Waals surface area contributed by atoms with Crippen LogP contribution in [0.5, 0.6) is 11.5 Å². The molecule has 2 aromatic heterocycles. The van der Waals surface area contributed by atoms with E-state index in [0.717, 1.165) is 65.4 Å². The van der Waals surface area contributed by atoms with Crippen molar-refractivity contribution in [2.75, 3.05) is 45.4 Å². The number of rotatable bonds is 3. The molecule has 9 heteroatoms. The lowest BCUT2D eigenvalue weighted by molar-refractivity contribution is 0.122. The fraction of sp³-hybridized carbons (Fsp3) is 0.250. The molecule has 33 heavy (non-hydrogen) atoms. The van der Waals surface area contributed by atoms with Crippen LogP contribution in [0.3, 0.4) is 0 Å². The topological polar surface area (TPSA) is 56.7 Å². The molecular formula is C24H22Cl3N3O3. The van der Waals surface area contributed by atoms with Gasteiger partial charge < -0.3 is 19.1 Å². The van der Waals surface area contributed by atoms with Crippen molar-refractivity contribution in [1.29, 1.82) is 0 Å². The van der Waals surface area contributed by atoms with Crippen LogP contribution < -0.4 is 14.4 Å². The van der Waals surface area contributed by atoms with Crippen molar-refractivity contribution in [3.8, 4) is 11.5 Å². The summed E-state index contributed by atoms with van der Waals surface area (Å²) >= 11 is 18.1. The van der Waals surface area contributed by atoms with Crippen molar-refractivity contribution in [3.05, 3.63) is 63.7 Å². The van der Waals surface area contributed by atoms with E-state index in [9.17, 15) is 0 Å². The number of benzene rings is 2. The number of halogens is 3. The second-order valence-corrected chi connectivity index (χ2v) is 8.46. The number of hydrogen-bond acceptors (Lipinski definition) is 6. The zero-order valence-corrected chi connectivity index (χ0v) is 20.4. The molecule has 3 heterocycles. The fourth-order valence-corrected chi connectivity index (χ4v) is 4.27. The van der Waals surface area contributed by atoms with Crippen molar-refractivity contribution in [2.24, 2.45) is 0 Å². The first kappa shape index (κ1) is 23.6. The summed E-state index contributed by atoms with van der Waals surface area (Å²) in [6.07, 6.45) is 0. The summed E-state index contributed by atoms with van der Waals surface area (Å²) in [5.41, 5.74) is 1.59. The van der Waals surface area contributed by atoms with Crippen LogP contribution in [0.15, 0.2) is 48.5 Å². The molecule has 0 aliphatic carbocycles. The van der Waals surface area contributed by atoms with E-state index in [4.69, 9.17) is 49.0 Å². The Bertz CT molecular complexity index is 1280. The Morgan fingerprint density at radius 2 is 1.30 bits per heavy atom. The third kappa shape index (κ3) is 5.53. The summed E-state index contributed by atoms with van der Waals surface area (Å²) in [6, 6.07) is 14.8. The Balaban J connectivity index is 0.000000165. The van der Waals surface area contributed by atoms with E-state index >= 15 is 0 Å². The number of methoxy groups -OCH3 is 2. The lowest BCUT2D eigenvalue weighted by Gasteiger charge is -2.28. The van der Waals surface area contributed by atoms with Crippen LogP contribution in [0.2, 0.25) is 15.2 Å². The molecule has 5 rings (SSSR count). The minimum atomic E-state index is 0.385. The zero-order valence-electron chi connectivity index (χ0n) is 18.1. The van der Waals surface area contributed by atoms with E-state index in [1.54, 1.807) is 26.4 Å². The monoisotopic (exact) mass is 505 g/mol. The summed E-state index contributed by atoms with van der Waals surface area (Å²) in [6.45, 7) is 3.16. The third-order valence-corrected chi connectivity index (χ3v) is 6.04. The Hall–Kier alpha value is -2.51. The molecule has 0 radical (unpaired) electrons. The van der Waals surface area contributed by atoms with Crippen LogP contribution in [0.4, 0.5) is 5.82 Å². The molecule has 0 unspecified atom stereocenters. The second kappa shape index (κ2) is 10.6. The van der Waals surface area contributed by atoms with Crippen LogP contribution in [0, 0.1) is 0 Å². The Morgan fingerprint density at radius 1 is 0.758 bits per heavy atom. The van der Waals surface area contributed by atoms with Gasteiger partial charge in [-0.1, -0.05) is 34.8 Å². The summed E-state index contributed by atoms with van der Waals surface area (Å²) < 4.78 is 15.7. The quantitative estimate of drug-likeness (QED) is 0.305. The second-order valence-electron chi connectivity index (χ2n) is 7.25. The number of ether oxygens (including phenoxy) is 3. The summed E-state index contributed by atoms with van der Waals surface area (Å²) in [5, 5.41) is 3.52. The molecule has 4 aromatic rings. The molecule has 1 aliphatic rings. The Kier molecular flexibility index (Phi) is 7.60. The molecule has 6 nitrogen and oxygen atoms in total. The first-order valence-corrected chi connectivity index (χ1v) is 11.4. The maximum absolute atomic E-state index is 6.34. The van der Waals surface area contributed by atoms with Gasteiger partial charge in [0.15, 0.2) is 0 Å². The molecule has 1 aliphatic heterocycles. The first-order chi connectivity index (χ1) is 16.0. The van der Waals surface area contributed by atoms with Gasteiger partial charge in [-0.2, -0.15) is 0 Å². The van der Waals surface area contributed by atoms with Gasteiger partial charge in [0.1, 0.15) is 22.5 Å². The van der Waals surface area contributed by atoms with Gasteiger partial charge in [-0.05, 0) is 36.4 Å². The largest absolute Gasteiger partial charge is 0.497 e. The van der Waals surface area contributed by atoms with Gasteiger partial charge >= 0.3 is 0 Å². The van der Waals surface area contributed by atoms with Gasteiger partial charge in [0.2, 0.25) is 0 Å². The average Bonchev–Trinajstić information content (AvgIpc) is 2.84. The maximum atomic E-state index is 6.34. The highest BCUT2D eigenvalue weighted by Gasteiger charge is 2.14. The molecule has 0 N–H and O–H groups in total. The molecule has 0 amide bonds. The minimum Gasteiger partial charge on any atom is -0.497 e. The number of pyridine rings is 2. The van der Waals surface area contributed by atoms with Gasteiger partial charge in [-0.15, -0.1) is 0 Å². The predicted octanol–water partition coefficient (Wildman–Crippen LogP) is 6.28. The lowest BCUT2D eigenvalue weighted by atomic mass is 10.2. The summed E-state index contributed by atoms with van der Waals surface area (Å²) in [4.78, 5) is 11.0. The van der Waals surface area contributed by atoms with Gasteiger partial charge in [0.05, 0.1) is 48.5 Å². The summed E-state index contributed by atoms with van der Waals surface area (Å²) in [7, 11) is 3.25. The zero-order chi connectivity index (χ0) is 23.4. The lowest BCUT2D eigenvalue weighted by Crippen LogP contribution is -2.36. The van der Waals surface area contributed by atoms with Crippen molar-refractivity contribution in [3.63, 3.8) is 0 Å². The molecule has 0 spiro atoms. The minimum absolute atomic E-state index is 0.385. The Morgan fingerprint density at radius 3 is 1.88 bits per heavy atom. The number of hydrogen-bond donors (Lipinski definition) is 0. The van der Waals surface area contributed by atoms with E-state index in [2.05, 4.69) is 14.9 Å². The van der Waals surface area contributed by atoms with Crippen molar-refractivity contribution in [2.45, 2.75) is 0 Å². The van der Waals surface area contributed by atoms with Crippen molar-refractivity contribution >= 4 is 62.4 Å². The number of morpholine rings is 1. The molecule has 1 saturated heterocycles. The van der Waals surface area contributed by atoms with Crippen LogP contribution in [0.25, 0.3) is 21.8 Å². The van der Waals surface area contributed by atoms with Crippen molar-refractivity contribution < 1.29 is 14.2 Å². The van der Waals surface area contributed by atoms with E-state index < -0.39 is 0 Å². The SMILES string of the molecule is COc1ccc2c(Cl)cc(Cl)nc2c1.COc1ccc2c(Cl)cc(N3CCOCC3)nc2c1. The number of fused-ring (bicyclic) bond motifs is 2. The maximum Gasteiger partial charge on any atom is 0.131 e. The highest BCUT2D eigenvalue weighted by Crippen LogP contribution is 2.30. The molecule has 0 bridgehead atoms. The summed E-state index contributed by atoms with van der Waals surface area (Å²) in [5.74, 6) is 2.42. The van der Waals surface area contributed by atoms with Crippen LogP contribution in [0.1, 0.15) is 0 Å².